The molecule has 0 saturated carbocycles. The molecule has 1 unspecified atom stereocenters. The van der Waals surface area contributed by atoms with Crippen molar-refractivity contribution >= 4 is 30.5 Å². The lowest BCUT2D eigenvalue weighted by Gasteiger charge is -2.20. The van der Waals surface area contributed by atoms with Crippen molar-refractivity contribution in [1.29, 1.82) is 0 Å². The van der Waals surface area contributed by atoms with Crippen LogP contribution in [0.4, 0.5) is 10.6 Å². The summed E-state index contributed by atoms with van der Waals surface area (Å²) in [5, 5.41) is 30.7. The number of fused-ring (bicyclic) bond motifs is 2. The van der Waals surface area contributed by atoms with E-state index >= 15 is 0 Å². The fourth-order valence-corrected chi connectivity index (χ4v) is 2.94. The average Bonchev–Trinajstić information content (AvgIpc) is 3.32. The van der Waals surface area contributed by atoms with E-state index in [1.165, 1.54) is 14.2 Å². The van der Waals surface area contributed by atoms with Crippen LogP contribution in [-0.2, 0) is 0 Å². The van der Waals surface area contributed by atoms with Gasteiger partial charge in [-0.2, -0.15) is 15.3 Å². The third-order valence-corrected chi connectivity index (χ3v) is 4.27. The predicted octanol–water partition coefficient (Wildman–Crippen LogP) is -0.360. The number of nitrogens with one attached hydrogen (secondary N) is 1. The fourth-order valence-electron chi connectivity index (χ4n) is 2.94. The number of carbonyl (C=O) groups excluding carboxylic acids is 2. The summed E-state index contributed by atoms with van der Waals surface area (Å²) in [6.07, 6.45) is 4.92. The monoisotopic (exact) mass is 357 g/mol. The van der Waals surface area contributed by atoms with Crippen LogP contribution in [0.15, 0.2) is 30.6 Å². The maximum absolute atomic E-state index is 12.3. The third-order valence-electron chi connectivity index (χ3n) is 4.27. The first-order valence-electron chi connectivity index (χ1n) is 8.00. The number of anilines is 1. The summed E-state index contributed by atoms with van der Waals surface area (Å²) in [6, 6.07) is 2.25. The van der Waals surface area contributed by atoms with Crippen molar-refractivity contribution in [3.8, 4) is 0 Å². The van der Waals surface area contributed by atoms with E-state index in [9.17, 15) is 19.8 Å². The number of hydroxylamine groups is 2. The van der Waals surface area contributed by atoms with Crippen LogP contribution in [0.1, 0.15) is 10.5 Å². The molecule has 1 fully saturated rings. The van der Waals surface area contributed by atoms with Crippen molar-refractivity contribution in [2.24, 2.45) is 0 Å². The quantitative estimate of drug-likeness (QED) is 0.506. The standard InChI is InChI=1S/C14H16BN7O4/c1-15(25)21-5-3-12(18-21)16-13(23)11-2-4-20(17-11)9-6-10-8-19(7-9)14(24)22(10)26/h2-6,10,25-26H,7-8H2,1H3,(H,16,18,23). The zero-order chi connectivity index (χ0) is 18.4. The normalized spacial score (nSPS) is 19.0. The van der Waals surface area contributed by atoms with E-state index in [2.05, 4.69) is 15.5 Å². The molecule has 2 aliphatic heterocycles. The summed E-state index contributed by atoms with van der Waals surface area (Å²) in [4.78, 5) is 25.6. The van der Waals surface area contributed by atoms with Gasteiger partial charge in [-0.1, -0.05) is 0 Å². The molecule has 0 spiro atoms. The Morgan fingerprint density at radius 3 is 2.85 bits per heavy atom. The topological polar surface area (TPSA) is 129 Å². The second-order valence-corrected chi connectivity index (χ2v) is 6.15. The zero-order valence-electron chi connectivity index (χ0n) is 13.8. The largest absolute Gasteiger partial charge is 0.431 e. The maximum atomic E-state index is 12.3. The van der Waals surface area contributed by atoms with Crippen LogP contribution in [0.5, 0.6) is 0 Å². The molecule has 1 saturated heterocycles. The van der Waals surface area contributed by atoms with Gasteiger partial charge in [0.15, 0.2) is 11.5 Å². The minimum Gasteiger partial charge on any atom is -0.431 e. The molecule has 4 rings (SSSR count). The van der Waals surface area contributed by atoms with Crippen molar-refractivity contribution in [2.45, 2.75) is 12.9 Å². The van der Waals surface area contributed by atoms with Crippen molar-refractivity contribution < 1.29 is 19.8 Å². The molecule has 2 aromatic rings. The van der Waals surface area contributed by atoms with Gasteiger partial charge in [-0.25, -0.2) is 9.48 Å². The first kappa shape index (κ1) is 16.4. The van der Waals surface area contributed by atoms with Gasteiger partial charge < -0.3 is 15.2 Å². The molecule has 2 aliphatic rings. The van der Waals surface area contributed by atoms with Gasteiger partial charge in [-0.15, -0.1) is 0 Å². The summed E-state index contributed by atoms with van der Waals surface area (Å²) in [7, 11) is -0.794. The van der Waals surface area contributed by atoms with Gasteiger partial charge in [0.25, 0.3) is 5.91 Å². The molecule has 1 atom stereocenters. The average molecular weight is 357 g/mol. The van der Waals surface area contributed by atoms with Gasteiger partial charge in [-0.05, 0) is 25.0 Å². The number of aromatic nitrogens is 4. The Hall–Kier alpha value is -3.12. The lowest BCUT2D eigenvalue weighted by Crippen LogP contribution is -2.31. The van der Waals surface area contributed by atoms with Crippen molar-refractivity contribution in [3.63, 3.8) is 0 Å². The summed E-state index contributed by atoms with van der Waals surface area (Å²) >= 11 is 0. The summed E-state index contributed by atoms with van der Waals surface area (Å²) < 4.78 is 2.82. The number of hydrogen-bond acceptors (Lipinski definition) is 6. The Morgan fingerprint density at radius 2 is 2.15 bits per heavy atom. The van der Waals surface area contributed by atoms with Crippen LogP contribution < -0.4 is 5.32 Å². The molecule has 0 aliphatic carbocycles. The Bertz CT molecular complexity index is 905. The molecule has 0 radical (unpaired) electrons. The summed E-state index contributed by atoms with van der Waals surface area (Å²) in [6.45, 7) is 2.28. The minimum atomic E-state index is -0.794. The van der Waals surface area contributed by atoms with Gasteiger partial charge in [0.1, 0.15) is 0 Å². The number of carbonyl (C=O) groups is 2. The number of rotatable bonds is 4. The molecule has 3 N–H and O–H groups in total. The second kappa shape index (κ2) is 6.00. The van der Waals surface area contributed by atoms with Crippen molar-refractivity contribution in [1.82, 2.24) is 29.4 Å². The number of hydrogen-bond donors (Lipinski definition) is 3. The van der Waals surface area contributed by atoms with E-state index in [4.69, 9.17) is 0 Å². The lowest BCUT2D eigenvalue weighted by atomic mass is 9.90. The molecular weight excluding hydrogens is 341 g/mol. The van der Waals surface area contributed by atoms with Gasteiger partial charge in [0.05, 0.1) is 18.3 Å². The van der Waals surface area contributed by atoms with Crippen molar-refractivity contribution in [3.05, 3.63) is 36.3 Å². The van der Waals surface area contributed by atoms with Crippen LogP contribution in [0, 0.1) is 0 Å². The highest BCUT2D eigenvalue weighted by molar-refractivity contribution is 6.46. The highest BCUT2D eigenvalue weighted by Crippen LogP contribution is 2.24. The molecule has 11 nitrogen and oxygen atoms in total. The molecule has 2 aromatic heterocycles. The Labute approximate surface area is 148 Å². The maximum Gasteiger partial charge on any atom is 0.431 e. The zero-order valence-corrected chi connectivity index (χ0v) is 13.8. The van der Waals surface area contributed by atoms with Crippen LogP contribution in [0.25, 0.3) is 5.70 Å². The van der Waals surface area contributed by atoms with E-state index in [0.29, 0.717) is 29.7 Å². The van der Waals surface area contributed by atoms with Crippen LogP contribution in [-0.4, -0.2) is 77.8 Å². The van der Waals surface area contributed by atoms with Crippen LogP contribution in [0.3, 0.4) is 0 Å². The molecule has 0 aromatic carbocycles. The molecule has 2 bridgehead atoms. The van der Waals surface area contributed by atoms with E-state index in [1.54, 1.807) is 37.4 Å². The Morgan fingerprint density at radius 1 is 1.35 bits per heavy atom. The van der Waals surface area contributed by atoms with E-state index in [0.717, 1.165) is 0 Å². The number of urea groups is 1. The van der Waals surface area contributed by atoms with E-state index < -0.39 is 25.0 Å². The fraction of sp³-hybridized carbons (Fsp3) is 0.286. The molecule has 134 valence electrons. The van der Waals surface area contributed by atoms with Gasteiger partial charge in [-0.3, -0.25) is 14.6 Å². The van der Waals surface area contributed by atoms with Gasteiger partial charge in [0.2, 0.25) is 0 Å². The highest BCUT2D eigenvalue weighted by Gasteiger charge is 2.39. The van der Waals surface area contributed by atoms with Crippen molar-refractivity contribution in [2.75, 3.05) is 18.4 Å². The highest BCUT2D eigenvalue weighted by atomic mass is 16.5. The Balaban J connectivity index is 1.48. The smallest absolute Gasteiger partial charge is 0.431 e. The summed E-state index contributed by atoms with van der Waals surface area (Å²) in [5.74, 6) is -0.146. The van der Waals surface area contributed by atoms with E-state index in [-0.39, 0.29) is 5.69 Å². The van der Waals surface area contributed by atoms with Crippen LogP contribution >= 0.6 is 0 Å². The molecular formula is C14H16BN7O4. The third kappa shape index (κ3) is 2.74. The lowest BCUT2D eigenvalue weighted by molar-refractivity contribution is -0.0450. The Kier molecular flexibility index (Phi) is 3.78. The molecule has 4 heterocycles. The number of amides is 3. The van der Waals surface area contributed by atoms with Gasteiger partial charge >= 0.3 is 13.1 Å². The minimum absolute atomic E-state index is 0.178. The summed E-state index contributed by atoms with van der Waals surface area (Å²) in [5.41, 5.74) is 0.876. The second-order valence-electron chi connectivity index (χ2n) is 6.15. The molecule has 26 heavy (non-hydrogen) atoms. The van der Waals surface area contributed by atoms with Gasteiger partial charge in [0, 0.05) is 18.9 Å². The molecule has 12 heteroatoms. The number of nitrogens with zero attached hydrogens (tertiary/aromatic N) is 6. The first-order chi connectivity index (χ1) is 12.4. The molecule has 3 amide bonds. The van der Waals surface area contributed by atoms with Crippen LogP contribution in [0.2, 0.25) is 6.82 Å². The van der Waals surface area contributed by atoms with E-state index in [1.807, 2.05) is 0 Å². The predicted molar refractivity (Wildman–Crippen MR) is 90.3 cm³/mol. The first-order valence-corrected chi connectivity index (χ1v) is 8.00. The SMILES string of the molecule is CB(O)n1ccc(NC(=O)c2ccn(C3=CC4CN(C3)C(=O)N4O)n2)n1.